The van der Waals surface area contributed by atoms with Gasteiger partial charge in [0.05, 0.1) is 11.6 Å². The molecule has 0 aliphatic heterocycles. The third kappa shape index (κ3) is 6.85. The molecule has 7 nitrogen and oxygen atoms in total. The van der Waals surface area contributed by atoms with Gasteiger partial charge in [-0.3, -0.25) is 0 Å². The molecule has 0 bridgehead atoms. The first kappa shape index (κ1) is 23.4. The van der Waals surface area contributed by atoms with Crippen LogP contribution in [0.4, 0.5) is 4.79 Å². The highest BCUT2D eigenvalue weighted by atomic mass is 79.9. The minimum Gasteiger partial charge on any atom is -0.624 e. The van der Waals surface area contributed by atoms with Crippen LogP contribution in [0.15, 0.2) is 22.8 Å². The Labute approximate surface area is 183 Å². The topological polar surface area (TPSA) is 89.4 Å². The fourth-order valence-corrected chi connectivity index (χ4v) is 4.14. The van der Waals surface area contributed by atoms with E-state index in [9.17, 15) is 10.0 Å². The molecule has 1 atom stereocenters. The van der Waals surface area contributed by atoms with E-state index in [1.54, 1.807) is 39.6 Å². The van der Waals surface area contributed by atoms with Crippen molar-refractivity contribution in [3.05, 3.63) is 33.6 Å². The van der Waals surface area contributed by atoms with E-state index in [1.807, 2.05) is 24.6 Å². The molecular formula is C20H28BrN3O4S. The lowest BCUT2D eigenvalue weighted by atomic mass is 10.1. The molecule has 0 saturated heterocycles. The number of alkyl carbamates (subject to hydrolysis) is 1. The number of aromatic nitrogens is 1. The number of carbonyl (C=O) groups is 1. The van der Waals surface area contributed by atoms with Gasteiger partial charge in [0.25, 0.3) is 0 Å². The molecule has 0 aliphatic carbocycles. The van der Waals surface area contributed by atoms with Crippen LogP contribution < -0.4 is 10.1 Å². The number of halogens is 1. The number of ether oxygens (including phenoxy) is 2. The van der Waals surface area contributed by atoms with Gasteiger partial charge in [0.2, 0.25) is 0 Å². The Morgan fingerprint density at radius 1 is 1.45 bits per heavy atom. The highest BCUT2D eigenvalue weighted by molar-refractivity contribution is 9.10. The molecule has 0 aliphatic rings. The molecule has 0 radical (unpaired) electrons. The van der Waals surface area contributed by atoms with Crippen LogP contribution in [-0.2, 0) is 11.2 Å². The van der Waals surface area contributed by atoms with Gasteiger partial charge in [0, 0.05) is 29.3 Å². The Bertz CT molecular complexity index is 876. The number of carbonyl (C=O) groups excluding carboxylic acids is 1. The van der Waals surface area contributed by atoms with E-state index in [1.165, 1.54) is 6.21 Å². The maximum absolute atomic E-state index is 12.4. The van der Waals surface area contributed by atoms with E-state index in [0.29, 0.717) is 12.2 Å². The number of hydroxylamine groups is 1. The fourth-order valence-electron chi connectivity index (χ4n) is 2.85. The molecule has 2 aromatic rings. The van der Waals surface area contributed by atoms with E-state index < -0.39 is 17.7 Å². The van der Waals surface area contributed by atoms with E-state index in [0.717, 1.165) is 31.4 Å². The summed E-state index contributed by atoms with van der Waals surface area (Å²) in [6.45, 7) is 5.66. The van der Waals surface area contributed by atoms with Crippen molar-refractivity contribution >= 4 is 50.9 Å². The van der Waals surface area contributed by atoms with Crippen molar-refractivity contribution in [2.75, 3.05) is 25.7 Å². The zero-order chi connectivity index (χ0) is 21.6. The summed E-state index contributed by atoms with van der Waals surface area (Å²) in [5, 5.41) is 16.2. The zero-order valence-corrected chi connectivity index (χ0v) is 19.8. The maximum Gasteiger partial charge on any atom is 0.408 e. The van der Waals surface area contributed by atoms with Gasteiger partial charge in [-0.1, -0.05) is 0 Å². The second-order valence-corrected chi connectivity index (χ2v) is 9.27. The molecule has 1 heterocycles. The summed E-state index contributed by atoms with van der Waals surface area (Å²) >= 11 is 5.13. The quantitative estimate of drug-likeness (QED) is 0.251. The Morgan fingerprint density at radius 3 is 2.79 bits per heavy atom. The third-order valence-corrected chi connectivity index (χ3v) is 5.53. The highest BCUT2D eigenvalue weighted by Crippen LogP contribution is 2.35. The molecule has 0 fully saturated rings. The molecule has 2 rings (SSSR count). The number of hydrogen-bond donors (Lipinski definition) is 2. The van der Waals surface area contributed by atoms with Crippen LogP contribution in [-0.4, -0.2) is 59.3 Å². The van der Waals surface area contributed by atoms with Crippen LogP contribution in [0.5, 0.6) is 5.75 Å². The number of nitrogens with zero attached hydrogens (tertiary/aromatic N) is 1. The minimum absolute atomic E-state index is 0.261. The number of fused-ring (bicyclic) bond motifs is 1. The number of benzene rings is 1. The summed E-state index contributed by atoms with van der Waals surface area (Å²) in [7, 11) is 1.62. The van der Waals surface area contributed by atoms with Gasteiger partial charge >= 0.3 is 6.09 Å². The number of nitrogens with one attached hydrogen (secondary N) is 2. The van der Waals surface area contributed by atoms with Gasteiger partial charge < -0.3 is 25.0 Å². The van der Waals surface area contributed by atoms with Crippen molar-refractivity contribution < 1.29 is 19.0 Å². The first-order chi connectivity index (χ1) is 13.6. The summed E-state index contributed by atoms with van der Waals surface area (Å²) in [5.74, 6) is 1.32. The monoisotopic (exact) mass is 485 g/mol. The molecule has 0 saturated carbocycles. The van der Waals surface area contributed by atoms with Gasteiger partial charge in [0.15, 0.2) is 12.8 Å². The predicted molar refractivity (Wildman–Crippen MR) is 122 cm³/mol. The molecule has 0 spiro atoms. The molecular weight excluding hydrogens is 458 g/mol. The highest BCUT2D eigenvalue weighted by Gasteiger charge is 2.20. The molecule has 1 aromatic heterocycles. The largest absolute Gasteiger partial charge is 0.624 e. The van der Waals surface area contributed by atoms with Crippen LogP contribution in [0, 0.1) is 5.21 Å². The zero-order valence-electron chi connectivity index (χ0n) is 17.4. The standard InChI is InChI=1S/C20H28BrN3O4S/c1-20(2,3)28-19(25)23-14(12-29-5)11-24(26)9-8-13-10-22-15-6-7-16(27-4)18(21)17(13)15/h6-7,10-11,14,22H,8-9,12H2,1-5H3,(H,23,25)/b24-11-/t14-/m0/s1. The van der Waals surface area contributed by atoms with Crippen LogP contribution in [0.25, 0.3) is 10.9 Å². The van der Waals surface area contributed by atoms with Gasteiger partial charge in [-0.15, -0.1) is 0 Å². The second-order valence-electron chi connectivity index (χ2n) is 7.57. The minimum atomic E-state index is -0.588. The normalized spacial score (nSPS) is 13.4. The van der Waals surface area contributed by atoms with Crippen molar-refractivity contribution in [3.63, 3.8) is 0 Å². The lowest BCUT2D eigenvalue weighted by Crippen LogP contribution is -2.42. The Morgan fingerprint density at radius 2 is 2.17 bits per heavy atom. The van der Waals surface area contributed by atoms with Crippen molar-refractivity contribution in [1.82, 2.24) is 10.3 Å². The first-order valence-corrected chi connectivity index (χ1v) is 11.4. The SMILES string of the molecule is COc1ccc2[nH]cc(CC/[N+]([O-])=C/[C@@H](CSC)NC(=O)OC(C)(C)C)c2c1Br. The van der Waals surface area contributed by atoms with Crippen molar-refractivity contribution in [2.24, 2.45) is 0 Å². The number of thioether (sulfide) groups is 1. The maximum atomic E-state index is 12.4. The van der Waals surface area contributed by atoms with Crippen molar-refractivity contribution in [2.45, 2.75) is 38.8 Å². The van der Waals surface area contributed by atoms with E-state index >= 15 is 0 Å². The van der Waals surface area contributed by atoms with Gasteiger partial charge in [-0.05, 0) is 60.7 Å². The molecule has 0 unspecified atom stereocenters. The van der Waals surface area contributed by atoms with Crippen LogP contribution in [0.3, 0.4) is 0 Å². The van der Waals surface area contributed by atoms with Gasteiger partial charge in [-0.2, -0.15) is 11.8 Å². The predicted octanol–water partition coefficient (Wildman–Crippen LogP) is 4.32. The number of methoxy groups -OCH3 is 1. The van der Waals surface area contributed by atoms with Crippen molar-refractivity contribution in [1.29, 1.82) is 0 Å². The van der Waals surface area contributed by atoms with E-state index in [4.69, 9.17) is 9.47 Å². The smallest absolute Gasteiger partial charge is 0.408 e. The Kier molecular flexibility index (Phi) is 8.27. The summed E-state index contributed by atoms with van der Waals surface area (Å²) in [5.41, 5.74) is 1.40. The van der Waals surface area contributed by atoms with E-state index in [-0.39, 0.29) is 6.54 Å². The number of amides is 1. The molecule has 2 N–H and O–H groups in total. The summed E-state index contributed by atoms with van der Waals surface area (Å²) in [4.78, 5) is 15.2. The summed E-state index contributed by atoms with van der Waals surface area (Å²) in [6.07, 6.45) is 5.33. The molecule has 29 heavy (non-hydrogen) atoms. The molecule has 9 heteroatoms. The van der Waals surface area contributed by atoms with Gasteiger partial charge in [0.1, 0.15) is 17.4 Å². The Hall–Kier alpha value is -1.87. The average Bonchev–Trinajstić information content (AvgIpc) is 3.03. The lowest BCUT2D eigenvalue weighted by Gasteiger charge is -2.21. The van der Waals surface area contributed by atoms with Gasteiger partial charge in [-0.25, -0.2) is 9.53 Å². The molecule has 1 aromatic carbocycles. The van der Waals surface area contributed by atoms with Crippen LogP contribution in [0.2, 0.25) is 0 Å². The van der Waals surface area contributed by atoms with Crippen LogP contribution in [0.1, 0.15) is 26.3 Å². The lowest BCUT2D eigenvalue weighted by molar-refractivity contribution is -0.453. The average molecular weight is 486 g/mol. The Balaban J connectivity index is 2.07. The number of hydrogen-bond acceptors (Lipinski definition) is 5. The fraction of sp³-hybridized carbons (Fsp3) is 0.500. The molecule has 1 amide bonds. The number of H-pyrrole nitrogens is 1. The van der Waals surface area contributed by atoms with Crippen LogP contribution >= 0.6 is 27.7 Å². The number of rotatable bonds is 8. The third-order valence-electron chi connectivity index (χ3n) is 4.05. The summed E-state index contributed by atoms with van der Waals surface area (Å²) in [6, 6.07) is 3.42. The second kappa shape index (κ2) is 10.2. The summed E-state index contributed by atoms with van der Waals surface area (Å²) < 4.78 is 12.4. The van der Waals surface area contributed by atoms with E-state index in [2.05, 4.69) is 26.2 Å². The number of aromatic amines is 1. The van der Waals surface area contributed by atoms with Crippen molar-refractivity contribution in [3.8, 4) is 5.75 Å². The first-order valence-electron chi connectivity index (χ1n) is 9.24. The molecule has 160 valence electrons.